The topological polar surface area (TPSA) is 144 Å². The number of amides is 4. The van der Waals surface area contributed by atoms with Gasteiger partial charge >= 0.3 is 6.03 Å². The number of nitrogens with zero attached hydrogens (tertiary/aromatic N) is 2. The molecule has 11 nitrogen and oxygen atoms in total. The Balaban J connectivity index is 1.46. The van der Waals surface area contributed by atoms with Crippen LogP contribution >= 0.6 is 0 Å². The minimum Gasteiger partial charge on any atom is -0.359 e. The number of H-pyrrole nitrogens is 1. The van der Waals surface area contributed by atoms with Gasteiger partial charge in [0.1, 0.15) is 5.76 Å². The highest BCUT2D eigenvalue weighted by Gasteiger charge is 2.26. The number of nitrogens with one attached hydrogen (secondary N) is 5. The zero-order chi connectivity index (χ0) is 29.9. The Labute approximate surface area is 240 Å². The lowest BCUT2D eigenvalue weighted by Crippen LogP contribution is -2.35. The highest BCUT2D eigenvalue weighted by Crippen LogP contribution is 2.36. The minimum absolute atomic E-state index is 0.140. The monoisotopic (exact) mass is 561 g/mol. The second kappa shape index (κ2) is 12.0. The van der Waals surface area contributed by atoms with E-state index < -0.39 is 6.03 Å². The molecule has 4 amide bonds. The lowest BCUT2D eigenvalue weighted by molar-refractivity contribution is -0.110. The fourth-order valence-corrected chi connectivity index (χ4v) is 4.74. The fourth-order valence-electron chi connectivity index (χ4n) is 4.74. The average Bonchev–Trinajstić information content (AvgIpc) is 3.57. The molecule has 3 aromatic rings. The van der Waals surface area contributed by atoms with E-state index in [1.54, 1.807) is 30.3 Å². The summed E-state index contributed by atoms with van der Waals surface area (Å²) in [4.78, 5) is 43.9. The van der Waals surface area contributed by atoms with Gasteiger partial charge in [-0.1, -0.05) is 45.8 Å². The molecule has 0 radical (unpaired) electrons. The molecule has 11 heteroatoms. The summed E-state index contributed by atoms with van der Waals surface area (Å²) < 4.78 is 5.30. The lowest BCUT2D eigenvalue weighted by atomic mass is 9.93. The van der Waals surface area contributed by atoms with Crippen LogP contribution in [0.4, 0.5) is 22.0 Å². The van der Waals surface area contributed by atoms with Gasteiger partial charge in [-0.2, -0.15) is 0 Å². The van der Waals surface area contributed by atoms with Gasteiger partial charge in [0, 0.05) is 47.2 Å². The summed E-state index contributed by atoms with van der Waals surface area (Å²) >= 11 is 0. The zero-order valence-electron chi connectivity index (χ0n) is 24.7. The van der Waals surface area contributed by atoms with Crippen molar-refractivity contribution in [1.29, 1.82) is 0 Å². The Morgan fingerprint density at radius 2 is 1.83 bits per heavy atom. The summed E-state index contributed by atoms with van der Waals surface area (Å²) in [6, 6.07) is 6.38. The third kappa shape index (κ3) is 6.68. The smallest absolute Gasteiger partial charge is 0.324 e. The SMILES string of the molecule is CCN(CC)CCNC(=O)c1c(C)[nH]c(/C=C2\C(=O)Nc3cc(NC(=O)Nc4cc(C(C)(C)C)on4)ccc32)c1C. The van der Waals surface area contributed by atoms with E-state index in [0.717, 1.165) is 30.9 Å². The molecular weight excluding hydrogens is 522 g/mol. The quantitative estimate of drug-likeness (QED) is 0.229. The van der Waals surface area contributed by atoms with Crippen LogP contribution in [0.15, 0.2) is 28.8 Å². The van der Waals surface area contributed by atoms with Crippen LogP contribution in [0, 0.1) is 13.8 Å². The van der Waals surface area contributed by atoms with E-state index >= 15 is 0 Å². The highest BCUT2D eigenvalue weighted by molar-refractivity contribution is 6.35. The van der Waals surface area contributed by atoms with E-state index in [0.29, 0.717) is 51.9 Å². The van der Waals surface area contributed by atoms with Crippen molar-refractivity contribution < 1.29 is 18.9 Å². The largest absolute Gasteiger partial charge is 0.359 e. The third-order valence-corrected chi connectivity index (χ3v) is 7.15. The first-order chi connectivity index (χ1) is 19.4. The second-order valence-electron chi connectivity index (χ2n) is 11.1. The Morgan fingerprint density at radius 1 is 1.10 bits per heavy atom. The summed E-state index contributed by atoms with van der Waals surface area (Å²) in [6.07, 6.45) is 1.76. The second-order valence-corrected chi connectivity index (χ2v) is 11.1. The van der Waals surface area contributed by atoms with Crippen LogP contribution in [0.5, 0.6) is 0 Å². The van der Waals surface area contributed by atoms with Gasteiger partial charge in [-0.25, -0.2) is 4.79 Å². The van der Waals surface area contributed by atoms with E-state index in [1.165, 1.54) is 0 Å². The van der Waals surface area contributed by atoms with E-state index in [4.69, 9.17) is 4.52 Å². The van der Waals surface area contributed by atoms with E-state index in [9.17, 15) is 14.4 Å². The van der Waals surface area contributed by atoms with Crippen molar-refractivity contribution in [2.45, 2.75) is 53.9 Å². The van der Waals surface area contributed by atoms with Gasteiger partial charge in [0.2, 0.25) is 0 Å². The first kappa shape index (κ1) is 29.6. The van der Waals surface area contributed by atoms with Crippen molar-refractivity contribution in [2.75, 3.05) is 42.1 Å². The number of aromatic nitrogens is 2. The molecule has 0 unspecified atom stereocenters. The molecular formula is C30H39N7O4. The lowest BCUT2D eigenvalue weighted by Gasteiger charge is -2.18. The Morgan fingerprint density at radius 3 is 2.49 bits per heavy atom. The molecule has 4 rings (SSSR count). The fraction of sp³-hybridized carbons (Fsp3) is 0.400. The molecule has 41 heavy (non-hydrogen) atoms. The van der Waals surface area contributed by atoms with Crippen molar-refractivity contribution in [3.63, 3.8) is 0 Å². The number of rotatable bonds is 9. The number of hydrogen-bond acceptors (Lipinski definition) is 6. The molecule has 3 heterocycles. The van der Waals surface area contributed by atoms with Crippen LogP contribution < -0.4 is 21.3 Å². The minimum atomic E-state index is -0.487. The van der Waals surface area contributed by atoms with Crippen LogP contribution in [0.1, 0.15) is 73.3 Å². The molecule has 5 N–H and O–H groups in total. The normalized spacial score (nSPS) is 13.9. The number of benzene rings is 1. The van der Waals surface area contributed by atoms with Gasteiger partial charge < -0.3 is 30.4 Å². The number of carbonyl (C=O) groups is 3. The van der Waals surface area contributed by atoms with Crippen molar-refractivity contribution in [3.8, 4) is 0 Å². The van der Waals surface area contributed by atoms with Crippen LogP contribution in [0.2, 0.25) is 0 Å². The van der Waals surface area contributed by atoms with Gasteiger partial charge in [-0.05, 0) is 50.7 Å². The molecule has 0 spiro atoms. The van der Waals surface area contributed by atoms with Crippen LogP contribution in [-0.2, 0) is 10.2 Å². The summed E-state index contributed by atoms with van der Waals surface area (Å²) in [5, 5.41) is 15.2. The summed E-state index contributed by atoms with van der Waals surface area (Å²) in [7, 11) is 0. The number of carbonyl (C=O) groups excluding carboxylic acids is 3. The molecule has 1 aliphatic heterocycles. The van der Waals surface area contributed by atoms with Gasteiger partial charge in [0.25, 0.3) is 11.8 Å². The average molecular weight is 562 g/mol. The van der Waals surface area contributed by atoms with Gasteiger partial charge in [-0.3, -0.25) is 14.9 Å². The first-order valence-corrected chi connectivity index (χ1v) is 13.8. The molecule has 1 aliphatic rings. The number of fused-ring (bicyclic) bond motifs is 1. The van der Waals surface area contributed by atoms with Crippen molar-refractivity contribution in [2.24, 2.45) is 0 Å². The Kier molecular flexibility index (Phi) is 8.67. The standard InChI is InChI=1S/C30H39N7O4/c1-8-37(9-2)13-12-31-28(39)26-17(3)22(32-18(26)4)15-21-20-11-10-19(14-23(20)34-27(21)38)33-29(40)35-25-16-24(41-36-25)30(5,6)7/h10-11,14-16,32H,8-9,12-13H2,1-7H3,(H,31,39)(H,34,38)(H2,33,35,36,40)/b21-15-. The number of aromatic amines is 1. The van der Waals surface area contributed by atoms with Crippen LogP contribution in [0.25, 0.3) is 11.6 Å². The molecule has 2 aromatic heterocycles. The Bertz CT molecular complexity index is 1490. The summed E-state index contributed by atoms with van der Waals surface area (Å²) in [5.41, 5.74) is 4.79. The number of urea groups is 1. The summed E-state index contributed by atoms with van der Waals surface area (Å²) in [5.74, 6) is 0.554. The van der Waals surface area contributed by atoms with Crippen molar-refractivity contribution in [1.82, 2.24) is 20.4 Å². The maximum absolute atomic E-state index is 12.9. The van der Waals surface area contributed by atoms with E-state index in [-0.39, 0.29) is 17.2 Å². The number of anilines is 3. The predicted octanol–water partition coefficient (Wildman–Crippen LogP) is 5.13. The summed E-state index contributed by atoms with van der Waals surface area (Å²) in [6.45, 7) is 17.1. The third-order valence-electron chi connectivity index (χ3n) is 7.15. The molecule has 0 aliphatic carbocycles. The van der Waals surface area contributed by atoms with E-state index in [1.807, 2.05) is 34.6 Å². The van der Waals surface area contributed by atoms with Gasteiger partial charge in [0.05, 0.1) is 16.8 Å². The Hall–Kier alpha value is -4.38. The number of likely N-dealkylation sites (N-methyl/N-ethyl adjacent to an activating group) is 1. The zero-order valence-corrected chi connectivity index (χ0v) is 24.7. The number of aryl methyl sites for hydroxylation is 1. The number of hydrogen-bond donors (Lipinski definition) is 5. The van der Waals surface area contributed by atoms with Crippen LogP contribution in [-0.4, -0.2) is 59.1 Å². The van der Waals surface area contributed by atoms with Crippen molar-refractivity contribution in [3.05, 3.63) is 58.1 Å². The highest BCUT2D eigenvalue weighted by atomic mass is 16.5. The van der Waals surface area contributed by atoms with E-state index in [2.05, 4.69) is 50.2 Å². The molecule has 1 aromatic carbocycles. The maximum Gasteiger partial charge on any atom is 0.324 e. The van der Waals surface area contributed by atoms with Gasteiger partial charge in [0.15, 0.2) is 5.82 Å². The molecule has 0 bridgehead atoms. The maximum atomic E-state index is 12.9. The van der Waals surface area contributed by atoms with Crippen LogP contribution in [0.3, 0.4) is 0 Å². The first-order valence-electron chi connectivity index (χ1n) is 13.8. The molecule has 0 saturated heterocycles. The molecule has 218 valence electrons. The van der Waals surface area contributed by atoms with Crippen molar-refractivity contribution >= 4 is 46.7 Å². The van der Waals surface area contributed by atoms with Gasteiger partial charge in [-0.15, -0.1) is 0 Å². The molecule has 0 saturated carbocycles. The molecule has 0 fully saturated rings. The predicted molar refractivity (Wildman–Crippen MR) is 161 cm³/mol. The molecule has 0 atom stereocenters.